The Hall–Kier alpha value is -1.71. The van der Waals surface area contributed by atoms with Gasteiger partial charge in [-0.1, -0.05) is 0 Å². The molecule has 0 bridgehead atoms. The van der Waals surface area contributed by atoms with Crippen molar-refractivity contribution in [2.24, 2.45) is 0 Å². The molecular weight excluding hydrogens is 377 g/mol. The number of amides is 2. The molecule has 1 aromatic rings. The molecule has 1 rings (SSSR count). The fraction of sp³-hybridized carbons (Fsp3) is 0.333. The van der Waals surface area contributed by atoms with Crippen molar-refractivity contribution in [3.05, 3.63) is 37.4 Å². The summed E-state index contributed by atoms with van der Waals surface area (Å²) in [5.41, 5.74) is 0.0271. The summed E-state index contributed by atoms with van der Waals surface area (Å²) in [5.74, 6) is -0.725. The predicted molar refractivity (Wildman–Crippen MR) is 81.5 cm³/mol. The van der Waals surface area contributed by atoms with Crippen molar-refractivity contribution in [3.63, 3.8) is 0 Å². The minimum Gasteiger partial charge on any atom is -0.345 e. The van der Waals surface area contributed by atoms with Crippen molar-refractivity contribution in [3.8, 4) is 0 Å². The summed E-state index contributed by atoms with van der Waals surface area (Å²) in [7, 11) is 1.63. The normalized spacial score (nSPS) is 9.95. The average Bonchev–Trinajstić information content (AvgIpc) is 2.43. The van der Waals surface area contributed by atoms with E-state index < -0.39 is 10.8 Å². The van der Waals surface area contributed by atoms with Crippen LogP contribution in [0.3, 0.4) is 0 Å². The number of hydrogen-bond donors (Lipinski definition) is 1. The molecule has 0 radical (unpaired) electrons. The number of nitrogens with zero attached hydrogens (tertiary/aromatic N) is 2. The number of hydrogen-bond acceptors (Lipinski definition) is 4. The second kappa shape index (κ2) is 7.17. The number of benzene rings is 1. The number of nitro benzene ring substituents is 1. The molecule has 0 spiro atoms. The van der Waals surface area contributed by atoms with Gasteiger partial charge < -0.3 is 10.2 Å². The van der Waals surface area contributed by atoms with Crippen LogP contribution in [0, 0.1) is 13.7 Å². The third kappa shape index (κ3) is 4.15. The predicted octanol–water partition coefficient (Wildman–Crippen LogP) is 1.41. The van der Waals surface area contributed by atoms with Gasteiger partial charge in [-0.2, -0.15) is 0 Å². The van der Waals surface area contributed by atoms with Gasteiger partial charge in [-0.3, -0.25) is 19.7 Å². The van der Waals surface area contributed by atoms with Gasteiger partial charge in [0.25, 0.3) is 11.6 Å². The Bertz CT molecular complexity index is 548. The highest BCUT2D eigenvalue weighted by atomic mass is 127. The van der Waals surface area contributed by atoms with Gasteiger partial charge in [-0.25, -0.2) is 0 Å². The topological polar surface area (TPSA) is 92.6 Å². The number of nitrogens with one attached hydrogen (secondary N) is 1. The van der Waals surface area contributed by atoms with Crippen LogP contribution in [0.15, 0.2) is 18.2 Å². The monoisotopic (exact) mass is 391 g/mol. The average molecular weight is 391 g/mol. The number of non-ortho nitro benzene ring substituents is 1. The van der Waals surface area contributed by atoms with Crippen LogP contribution in [0.1, 0.15) is 17.3 Å². The lowest BCUT2D eigenvalue weighted by Gasteiger charge is -2.14. The molecule has 0 heterocycles. The molecule has 0 aliphatic rings. The lowest BCUT2D eigenvalue weighted by atomic mass is 10.2. The highest BCUT2D eigenvalue weighted by molar-refractivity contribution is 14.1. The van der Waals surface area contributed by atoms with Gasteiger partial charge in [-0.05, 0) is 35.6 Å². The van der Waals surface area contributed by atoms with Crippen LogP contribution in [0.25, 0.3) is 0 Å². The molecule has 0 atom stereocenters. The SMILES string of the molecule is CCN(C)C(=O)CNC(=O)c1cc([N+](=O)[O-])ccc1I. The maximum Gasteiger partial charge on any atom is 0.270 e. The zero-order valence-electron chi connectivity index (χ0n) is 11.1. The summed E-state index contributed by atoms with van der Waals surface area (Å²) >= 11 is 1.91. The summed E-state index contributed by atoms with van der Waals surface area (Å²) in [6.07, 6.45) is 0. The summed E-state index contributed by atoms with van der Waals surface area (Å²) in [5, 5.41) is 13.2. The van der Waals surface area contributed by atoms with Crippen LogP contribution in [-0.4, -0.2) is 41.8 Å². The van der Waals surface area contributed by atoms with E-state index in [0.717, 1.165) is 0 Å². The van der Waals surface area contributed by atoms with Gasteiger partial charge in [0.15, 0.2) is 0 Å². The van der Waals surface area contributed by atoms with Crippen LogP contribution >= 0.6 is 22.6 Å². The van der Waals surface area contributed by atoms with E-state index in [0.29, 0.717) is 10.1 Å². The van der Waals surface area contributed by atoms with Crippen molar-refractivity contribution >= 4 is 40.1 Å². The van der Waals surface area contributed by atoms with Gasteiger partial charge in [0.2, 0.25) is 5.91 Å². The number of likely N-dealkylation sites (N-methyl/N-ethyl adjacent to an activating group) is 1. The zero-order chi connectivity index (χ0) is 15.3. The second-order valence-electron chi connectivity index (χ2n) is 4.01. The summed E-state index contributed by atoms with van der Waals surface area (Å²) in [6, 6.07) is 4.02. The van der Waals surface area contributed by atoms with E-state index in [1.807, 2.05) is 29.5 Å². The van der Waals surface area contributed by atoms with E-state index in [1.54, 1.807) is 7.05 Å². The summed E-state index contributed by atoms with van der Waals surface area (Å²) < 4.78 is 0.585. The van der Waals surface area contributed by atoms with Gasteiger partial charge in [0.1, 0.15) is 0 Å². The molecular formula is C12H14IN3O4. The van der Waals surface area contributed by atoms with E-state index in [9.17, 15) is 19.7 Å². The Kier molecular flexibility index (Phi) is 5.86. The second-order valence-corrected chi connectivity index (χ2v) is 5.17. The quantitative estimate of drug-likeness (QED) is 0.467. The number of halogens is 1. The first kappa shape index (κ1) is 16.3. The molecule has 108 valence electrons. The molecule has 7 nitrogen and oxygen atoms in total. The molecule has 1 aromatic carbocycles. The maximum absolute atomic E-state index is 11.9. The third-order valence-electron chi connectivity index (χ3n) is 2.71. The van der Waals surface area contributed by atoms with Gasteiger partial charge >= 0.3 is 0 Å². The molecule has 20 heavy (non-hydrogen) atoms. The summed E-state index contributed by atoms with van der Waals surface area (Å²) in [4.78, 5) is 35.1. The molecule has 0 aliphatic heterocycles. The van der Waals surface area contributed by atoms with Gasteiger partial charge in [0.05, 0.1) is 17.0 Å². The van der Waals surface area contributed by atoms with Crippen molar-refractivity contribution in [1.82, 2.24) is 10.2 Å². The highest BCUT2D eigenvalue weighted by Gasteiger charge is 2.16. The van der Waals surface area contributed by atoms with Crippen LogP contribution in [0.5, 0.6) is 0 Å². The Morgan fingerprint density at radius 3 is 2.65 bits per heavy atom. The van der Waals surface area contributed by atoms with Crippen LogP contribution in [0.4, 0.5) is 5.69 Å². The Morgan fingerprint density at radius 1 is 1.45 bits per heavy atom. The molecule has 0 unspecified atom stereocenters. The molecule has 8 heteroatoms. The highest BCUT2D eigenvalue weighted by Crippen LogP contribution is 2.19. The largest absolute Gasteiger partial charge is 0.345 e. The number of carbonyl (C=O) groups excluding carboxylic acids is 2. The van der Waals surface area contributed by atoms with Crippen molar-refractivity contribution < 1.29 is 14.5 Å². The van der Waals surface area contributed by atoms with E-state index >= 15 is 0 Å². The number of nitro groups is 1. The van der Waals surface area contributed by atoms with Crippen molar-refractivity contribution in [1.29, 1.82) is 0 Å². The van der Waals surface area contributed by atoms with E-state index in [1.165, 1.54) is 23.1 Å². The lowest BCUT2D eigenvalue weighted by Crippen LogP contribution is -2.38. The van der Waals surface area contributed by atoms with Crippen LogP contribution in [0.2, 0.25) is 0 Å². The van der Waals surface area contributed by atoms with E-state index in [2.05, 4.69) is 5.32 Å². The molecule has 0 fully saturated rings. The Labute approximate surface area is 129 Å². The molecule has 0 saturated carbocycles. The fourth-order valence-corrected chi connectivity index (χ4v) is 1.94. The Morgan fingerprint density at radius 2 is 2.10 bits per heavy atom. The van der Waals surface area contributed by atoms with Gasteiger partial charge in [-0.15, -0.1) is 0 Å². The maximum atomic E-state index is 11.9. The number of rotatable bonds is 5. The third-order valence-corrected chi connectivity index (χ3v) is 3.65. The molecule has 0 saturated heterocycles. The summed E-state index contributed by atoms with van der Waals surface area (Å²) in [6.45, 7) is 2.23. The van der Waals surface area contributed by atoms with Crippen molar-refractivity contribution in [2.45, 2.75) is 6.92 Å². The first-order valence-corrected chi connectivity index (χ1v) is 6.90. The number of carbonyl (C=O) groups is 2. The molecule has 1 N–H and O–H groups in total. The minimum absolute atomic E-state index is 0.137. The zero-order valence-corrected chi connectivity index (χ0v) is 13.2. The van der Waals surface area contributed by atoms with E-state index in [4.69, 9.17) is 0 Å². The molecule has 0 aromatic heterocycles. The first-order chi connectivity index (χ1) is 9.36. The standard InChI is InChI=1S/C12H14IN3O4/c1-3-15(2)11(17)7-14-12(18)9-6-8(16(19)20)4-5-10(9)13/h4-6H,3,7H2,1-2H3,(H,14,18). The molecule has 2 amide bonds. The lowest BCUT2D eigenvalue weighted by molar-refractivity contribution is -0.384. The fourth-order valence-electron chi connectivity index (χ4n) is 1.36. The Balaban J connectivity index is 2.80. The van der Waals surface area contributed by atoms with Crippen molar-refractivity contribution in [2.75, 3.05) is 20.1 Å². The molecule has 0 aliphatic carbocycles. The van der Waals surface area contributed by atoms with Crippen LogP contribution < -0.4 is 5.32 Å². The smallest absolute Gasteiger partial charge is 0.270 e. The van der Waals surface area contributed by atoms with E-state index in [-0.39, 0.29) is 23.7 Å². The minimum atomic E-state index is -0.567. The van der Waals surface area contributed by atoms with Gasteiger partial charge in [0, 0.05) is 29.3 Å². The first-order valence-electron chi connectivity index (χ1n) is 5.83. The van der Waals surface area contributed by atoms with Crippen LogP contribution in [-0.2, 0) is 4.79 Å².